The van der Waals surface area contributed by atoms with Crippen LogP contribution in [0.15, 0.2) is 0 Å². The van der Waals surface area contributed by atoms with Crippen LogP contribution in [0.3, 0.4) is 0 Å². The number of hydrogen-bond donors (Lipinski definition) is 1. The van der Waals surface area contributed by atoms with Crippen molar-refractivity contribution in [2.24, 2.45) is 5.92 Å². The second-order valence-electron chi connectivity index (χ2n) is 4.35. The van der Waals surface area contributed by atoms with Crippen molar-refractivity contribution in [3.05, 3.63) is 0 Å². The average Bonchev–Trinajstić information content (AvgIpc) is 2.98. The highest BCUT2D eigenvalue weighted by Gasteiger charge is 2.22. The fourth-order valence-electron chi connectivity index (χ4n) is 1.75. The maximum Gasteiger partial charge on any atom is 0.0619 e. The molecule has 2 nitrogen and oxygen atoms in total. The van der Waals surface area contributed by atoms with Crippen LogP contribution in [0.5, 0.6) is 0 Å². The summed E-state index contributed by atoms with van der Waals surface area (Å²) in [5.41, 5.74) is 0. The maximum absolute atomic E-state index is 5.59. The van der Waals surface area contributed by atoms with E-state index in [-0.39, 0.29) is 0 Å². The van der Waals surface area contributed by atoms with Crippen molar-refractivity contribution in [3.8, 4) is 0 Å². The van der Waals surface area contributed by atoms with Gasteiger partial charge in [0.15, 0.2) is 0 Å². The van der Waals surface area contributed by atoms with E-state index in [4.69, 9.17) is 4.74 Å². The lowest BCUT2D eigenvalue weighted by atomic mass is 10.1. The van der Waals surface area contributed by atoms with Crippen LogP contribution >= 0.6 is 0 Å². The van der Waals surface area contributed by atoms with E-state index in [1.807, 2.05) is 0 Å². The minimum absolute atomic E-state index is 0.590. The molecule has 84 valence electrons. The van der Waals surface area contributed by atoms with Gasteiger partial charge in [-0.1, -0.05) is 26.7 Å². The molecule has 0 heterocycles. The summed E-state index contributed by atoms with van der Waals surface area (Å²) in [6.07, 6.45) is 6.75. The van der Waals surface area contributed by atoms with Gasteiger partial charge in [-0.2, -0.15) is 0 Å². The van der Waals surface area contributed by atoms with Crippen molar-refractivity contribution in [1.82, 2.24) is 5.32 Å². The van der Waals surface area contributed by atoms with Crippen molar-refractivity contribution in [3.63, 3.8) is 0 Å². The second-order valence-corrected chi connectivity index (χ2v) is 4.35. The Balaban J connectivity index is 2.02. The highest BCUT2D eigenvalue weighted by atomic mass is 16.5. The molecular weight excluding hydrogens is 174 g/mol. The highest BCUT2D eigenvalue weighted by Crippen LogP contribution is 2.33. The van der Waals surface area contributed by atoms with Crippen molar-refractivity contribution in [2.75, 3.05) is 19.8 Å². The van der Waals surface area contributed by atoms with Gasteiger partial charge in [0.05, 0.1) is 6.61 Å². The summed E-state index contributed by atoms with van der Waals surface area (Å²) in [4.78, 5) is 0. The lowest BCUT2D eigenvalue weighted by molar-refractivity contribution is 0.109. The Morgan fingerprint density at radius 1 is 1.36 bits per heavy atom. The molecule has 14 heavy (non-hydrogen) atoms. The van der Waals surface area contributed by atoms with Gasteiger partial charge in [-0.3, -0.25) is 0 Å². The van der Waals surface area contributed by atoms with E-state index < -0.39 is 0 Å². The Bertz CT molecular complexity index is 134. The first-order chi connectivity index (χ1) is 6.86. The molecule has 0 bridgehead atoms. The predicted octanol–water partition coefficient (Wildman–Crippen LogP) is 2.58. The summed E-state index contributed by atoms with van der Waals surface area (Å²) in [6.45, 7) is 7.20. The Kier molecular flexibility index (Phi) is 6.20. The molecule has 0 aromatic heterocycles. The minimum atomic E-state index is 0.590. The Morgan fingerprint density at radius 3 is 2.71 bits per heavy atom. The molecule has 0 spiro atoms. The zero-order valence-corrected chi connectivity index (χ0v) is 9.72. The first kappa shape index (κ1) is 12.0. The molecule has 0 aromatic rings. The van der Waals surface area contributed by atoms with Crippen LogP contribution in [0.2, 0.25) is 0 Å². The molecule has 0 aliphatic heterocycles. The van der Waals surface area contributed by atoms with Crippen molar-refractivity contribution in [2.45, 2.75) is 52.0 Å². The summed E-state index contributed by atoms with van der Waals surface area (Å²) in [7, 11) is 0. The van der Waals surface area contributed by atoms with Gasteiger partial charge >= 0.3 is 0 Å². The summed E-state index contributed by atoms with van der Waals surface area (Å²) in [5, 5.41) is 3.50. The van der Waals surface area contributed by atoms with Gasteiger partial charge in [-0.05, 0) is 31.7 Å². The number of nitrogens with one attached hydrogen (secondary N) is 1. The third kappa shape index (κ3) is 5.61. The molecule has 1 unspecified atom stereocenters. The molecule has 1 fully saturated rings. The lowest BCUT2D eigenvalue weighted by Gasteiger charge is -2.17. The molecule has 0 amide bonds. The van der Waals surface area contributed by atoms with Gasteiger partial charge in [0.1, 0.15) is 0 Å². The van der Waals surface area contributed by atoms with Gasteiger partial charge in [0, 0.05) is 12.6 Å². The van der Waals surface area contributed by atoms with Crippen molar-refractivity contribution >= 4 is 0 Å². The van der Waals surface area contributed by atoms with E-state index in [1.54, 1.807) is 0 Å². The molecule has 2 heteroatoms. The van der Waals surface area contributed by atoms with E-state index in [0.717, 1.165) is 32.1 Å². The third-order valence-corrected chi connectivity index (χ3v) is 2.78. The van der Waals surface area contributed by atoms with E-state index in [1.165, 1.54) is 25.7 Å². The number of hydrogen-bond acceptors (Lipinski definition) is 2. The summed E-state index contributed by atoms with van der Waals surface area (Å²) in [5.74, 6) is 1.04. The molecule has 1 aliphatic carbocycles. The first-order valence-electron chi connectivity index (χ1n) is 6.18. The lowest BCUT2D eigenvalue weighted by Crippen LogP contribution is -2.33. The highest BCUT2D eigenvalue weighted by molar-refractivity contribution is 4.76. The molecule has 0 saturated heterocycles. The maximum atomic E-state index is 5.59. The normalized spacial score (nSPS) is 18.4. The zero-order chi connectivity index (χ0) is 10.2. The van der Waals surface area contributed by atoms with E-state index in [0.29, 0.717) is 6.04 Å². The molecule has 0 aromatic carbocycles. The SMILES string of the molecule is CCCOCC(CCC1CC1)NCC. The van der Waals surface area contributed by atoms with Crippen LogP contribution in [-0.2, 0) is 4.74 Å². The van der Waals surface area contributed by atoms with Crippen LogP contribution in [-0.4, -0.2) is 25.8 Å². The van der Waals surface area contributed by atoms with Crippen molar-refractivity contribution in [1.29, 1.82) is 0 Å². The predicted molar refractivity (Wildman–Crippen MR) is 60.5 cm³/mol. The Hall–Kier alpha value is -0.0800. The smallest absolute Gasteiger partial charge is 0.0619 e. The van der Waals surface area contributed by atoms with Gasteiger partial charge in [-0.25, -0.2) is 0 Å². The zero-order valence-electron chi connectivity index (χ0n) is 9.72. The Morgan fingerprint density at radius 2 is 2.14 bits per heavy atom. The molecular formula is C12H25NO. The monoisotopic (exact) mass is 199 g/mol. The average molecular weight is 199 g/mol. The van der Waals surface area contributed by atoms with Crippen molar-refractivity contribution < 1.29 is 4.74 Å². The molecule has 1 saturated carbocycles. The molecule has 1 N–H and O–H groups in total. The standard InChI is InChI=1S/C12H25NO/c1-3-9-14-10-12(13-4-2)8-7-11-5-6-11/h11-13H,3-10H2,1-2H3. The van der Waals surface area contributed by atoms with Crippen LogP contribution < -0.4 is 5.32 Å². The fraction of sp³-hybridized carbons (Fsp3) is 1.00. The summed E-state index contributed by atoms with van der Waals surface area (Å²) in [6, 6.07) is 0.590. The van der Waals surface area contributed by atoms with Crippen LogP contribution in [0.1, 0.15) is 46.0 Å². The quantitative estimate of drug-likeness (QED) is 0.576. The van der Waals surface area contributed by atoms with Gasteiger partial charge < -0.3 is 10.1 Å². The number of likely N-dealkylation sites (N-methyl/N-ethyl adjacent to an activating group) is 1. The molecule has 1 aliphatic rings. The van der Waals surface area contributed by atoms with Gasteiger partial charge in [0.2, 0.25) is 0 Å². The van der Waals surface area contributed by atoms with E-state index in [9.17, 15) is 0 Å². The minimum Gasteiger partial charge on any atom is -0.380 e. The number of rotatable bonds is 9. The van der Waals surface area contributed by atoms with Crippen LogP contribution in [0, 0.1) is 5.92 Å². The largest absolute Gasteiger partial charge is 0.380 e. The molecule has 1 atom stereocenters. The van der Waals surface area contributed by atoms with E-state index in [2.05, 4.69) is 19.2 Å². The van der Waals surface area contributed by atoms with Crippen LogP contribution in [0.4, 0.5) is 0 Å². The summed E-state index contributed by atoms with van der Waals surface area (Å²) >= 11 is 0. The second kappa shape index (κ2) is 7.24. The topological polar surface area (TPSA) is 21.3 Å². The van der Waals surface area contributed by atoms with Gasteiger partial charge in [0.25, 0.3) is 0 Å². The number of ether oxygens (including phenoxy) is 1. The molecule has 0 radical (unpaired) electrons. The molecule has 1 rings (SSSR count). The summed E-state index contributed by atoms with van der Waals surface area (Å²) < 4.78 is 5.59. The van der Waals surface area contributed by atoms with E-state index >= 15 is 0 Å². The van der Waals surface area contributed by atoms with Gasteiger partial charge in [-0.15, -0.1) is 0 Å². The Labute approximate surface area is 88.4 Å². The third-order valence-electron chi connectivity index (χ3n) is 2.78. The van der Waals surface area contributed by atoms with Crippen LogP contribution in [0.25, 0.3) is 0 Å². The fourth-order valence-corrected chi connectivity index (χ4v) is 1.75. The first-order valence-corrected chi connectivity index (χ1v) is 6.18.